The number of amides is 1. The van der Waals surface area contributed by atoms with Gasteiger partial charge in [0.05, 0.1) is 12.7 Å². The van der Waals surface area contributed by atoms with Crippen LogP contribution in [0.5, 0.6) is 17.2 Å². The van der Waals surface area contributed by atoms with Crippen LogP contribution >= 0.6 is 11.3 Å². The first-order valence-corrected chi connectivity index (χ1v) is 8.92. The van der Waals surface area contributed by atoms with Gasteiger partial charge in [-0.25, -0.2) is 4.79 Å². The summed E-state index contributed by atoms with van der Waals surface area (Å²) in [5, 5.41) is 3.92. The molecule has 1 amide bonds. The average molecular weight is 377 g/mol. The highest BCUT2D eigenvalue weighted by Crippen LogP contribution is 2.40. The van der Waals surface area contributed by atoms with Crippen molar-refractivity contribution in [3.8, 4) is 17.2 Å². The molecule has 0 radical (unpaired) electrons. The second-order valence-corrected chi connectivity index (χ2v) is 6.44. The van der Waals surface area contributed by atoms with E-state index >= 15 is 0 Å². The van der Waals surface area contributed by atoms with E-state index < -0.39 is 5.97 Å². The van der Waals surface area contributed by atoms with Crippen molar-refractivity contribution in [2.45, 2.75) is 6.54 Å². The number of hydrogen-bond acceptors (Lipinski definition) is 7. The van der Waals surface area contributed by atoms with Gasteiger partial charge in [0.25, 0.3) is 5.91 Å². The van der Waals surface area contributed by atoms with E-state index in [4.69, 9.17) is 18.9 Å². The second kappa shape index (κ2) is 8.09. The number of carbonyl (C=O) groups excluding carboxylic acids is 2. The molecule has 0 bridgehead atoms. The molecule has 1 aromatic carbocycles. The van der Waals surface area contributed by atoms with Crippen LogP contribution in [0.2, 0.25) is 0 Å². The first kappa shape index (κ1) is 18.1. The zero-order valence-corrected chi connectivity index (χ0v) is 15.3. The number of rotatable bonds is 6. The van der Waals surface area contributed by atoms with Crippen LogP contribution in [0.3, 0.4) is 0 Å². The minimum Gasteiger partial charge on any atom is -0.493 e. The summed E-state index contributed by atoms with van der Waals surface area (Å²) in [6, 6.07) is 4.98. The standard InChI is InChI=1S/C18H19NO6S/c1-19(9-12-3-6-26-11-12)16(20)10-25-18(21)13-7-14(22-2)17-15(8-13)23-4-5-24-17/h3,6-8,11H,4-5,9-10H2,1-2H3. The molecule has 7 nitrogen and oxygen atoms in total. The lowest BCUT2D eigenvalue weighted by Gasteiger charge is -2.21. The maximum absolute atomic E-state index is 12.3. The van der Waals surface area contributed by atoms with E-state index in [-0.39, 0.29) is 18.1 Å². The summed E-state index contributed by atoms with van der Waals surface area (Å²) < 4.78 is 21.4. The number of benzene rings is 1. The zero-order valence-electron chi connectivity index (χ0n) is 14.5. The number of methoxy groups -OCH3 is 1. The maximum atomic E-state index is 12.3. The highest BCUT2D eigenvalue weighted by Gasteiger charge is 2.22. The smallest absolute Gasteiger partial charge is 0.338 e. The van der Waals surface area contributed by atoms with Gasteiger partial charge >= 0.3 is 5.97 Å². The molecule has 0 aliphatic carbocycles. The second-order valence-electron chi connectivity index (χ2n) is 5.66. The Hall–Kier alpha value is -2.74. The summed E-state index contributed by atoms with van der Waals surface area (Å²) in [4.78, 5) is 26.0. The van der Waals surface area contributed by atoms with Gasteiger partial charge in [-0.05, 0) is 34.5 Å². The molecule has 0 N–H and O–H groups in total. The van der Waals surface area contributed by atoms with Crippen LogP contribution in [0.1, 0.15) is 15.9 Å². The van der Waals surface area contributed by atoms with Crippen molar-refractivity contribution in [2.24, 2.45) is 0 Å². The lowest BCUT2D eigenvalue weighted by molar-refractivity contribution is -0.133. The highest BCUT2D eigenvalue weighted by molar-refractivity contribution is 7.07. The maximum Gasteiger partial charge on any atom is 0.338 e. The van der Waals surface area contributed by atoms with Crippen molar-refractivity contribution in [1.29, 1.82) is 0 Å². The zero-order chi connectivity index (χ0) is 18.5. The molecular formula is C18H19NO6S. The minimum atomic E-state index is -0.627. The monoisotopic (exact) mass is 377 g/mol. The fourth-order valence-electron chi connectivity index (χ4n) is 2.46. The molecule has 138 valence electrons. The fourth-order valence-corrected chi connectivity index (χ4v) is 3.12. The number of likely N-dealkylation sites (N-methyl/N-ethyl adjacent to an activating group) is 1. The van der Waals surface area contributed by atoms with Crippen molar-refractivity contribution in [3.63, 3.8) is 0 Å². The molecule has 2 heterocycles. The molecule has 26 heavy (non-hydrogen) atoms. The quantitative estimate of drug-likeness (QED) is 0.720. The Morgan fingerprint density at radius 1 is 1.27 bits per heavy atom. The van der Waals surface area contributed by atoms with Crippen LogP contribution in [0.4, 0.5) is 0 Å². The number of carbonyl (C=O) groups is 2. The Morgan fingerprint density at radius 2 is 2.08 bits per heavy atom. The van der Waals surface area contributed by atoms with Gasteiger partial charge in [0.2, 0.25) is 5.75 Å². The minimum absolute atomic E-state index is 0.236. The van der Waals surface area contributed by atoms with Crippen molar-refractivity contribution < 1.29 is 28.5 Å². The molecule has 0 fully saturated rings. The van der Waals surface area contributed by atoms with Gasteiger partial charge in [-0.15, -0.1) is 0 Å². The Labute approximate surface area is 155 Å². The third-order valence-corrected chi connectivity index (χ3v) is 4.55. The van der Waals surface area contributed by atoms with Gasteiger partial charge in [-0.1, -0.05) is 0 Å². The van der Waals surface area contributed by atoms with E-state index in [1.54, 1.807) is 18.4 Å². The SMILES string of the molecule is COc1cc(C(=O)OCC(=O)N(C)Cc2ccsc2)cc2c1OCCO2. The summed E-state index contributed by atoms with van der Waals surface area (Å²) >= 11 is 1.57. The Kier molecular flexibility index (Phi) is 5.62. The Bertz CT molecular complexity index is 772. The van der Waals surface area contributed by atoms with E-state index in [9.17, 15) is 9.59 Å². The fraction of sp³-hybridized carbons (Fsp3) is 0.333. The molecular weight excluding hydrogens is 358 g/mol. The third kappa shape index (κ3) is 4.08. The first-order valence-electron chi connectivity index (χ1n) is 7.98. The summed E-state index contributed by atoms with van der Waals surface area (Å²) in [6.07, 6.45) is 0. The van der Waals surface area contributed by atoms with Crippen molar-refractivity contribution in [2.75, 3.05) is 34.0 Å². The van der Waals surface area contributed by atoms with Gasteiger partial charge in [0, 0.05) is 13.6 Å². The van der Waals surface area contributed by atoms with Crippen LogP contribution in [0.15, 0.2) is 29.0 Å². The van der Waals surface area contributed by atoms with Gasteiger partial charge in [-0.2, -0.15) is 11.3 Å². The van der Waals surface area contributed by atoms with Gasteiger partial charge in [0.1, 0.15) is 13.2 Å². The van der Waals surface area contributed by atoms with Crippen LogP contribution in [0.25, 0.3) is 0 Å². The summed E-state index contributed by atoms with van der Waals surface area (Å²) in [7, 11) is 3.15. The number of thiophene rings is 1. The predicted octanol–water partition coefficient (Wildman–Crippen LogP) is 2.34. The molecule has 1 aliphatic rings. The number of ether oxygens (including phenoxy) is 4. The van der Waals surface area contributed by atoms with Crippen LogP contribution in [-0.4, -0.2) is 50.8 Å². The summed E-state index contributed by atoms with van der Waals surface area (Å²) in [6.45, 7) is 0.937. The van der Waals surface area contributed by atoms with E-state index in [0.29, 0.717) is 37.0 Å². The molecule has 0 saturated heterocycles. The van der Waals surface area contributed by atoms with Crippen molar-refractivity contribution >= 4 is 23.2 Å². The van der Waals surface area contributed by atoms with Gasteiger partial charge in [-0.3, -0.25) is 4.79 Å². The van der Waals surface area contributed by atoms with Crippen LogP contribution in [-0.2, 0) is 16.1 Å². The van der Waals surface area contributed by atoms with E-state index in [1.807, 2.05) is 16.8 Å². The molecule has 0 saturated carbocycles. The predicted molar refractivity (Wildman–Crippen MR) is 95.1 cm³/mol. The number of hydrogen-bond donors (Lipinski definition) is 0. The molecule has 1 aliphatic heterocycles. The van der Waals surface area contributed by atoms with E-state index in [2.05, 4.69) is 0 Å². The van der Waals surface area contributed by atoms with E-state index in [1.165, 1.54) is 24.1 Å². The van der Waals surface area contributed by atoms with Crippen molar-refractivity contribution in [1.82, 2.24) is 4.90 Å². The molecule has 8 heteroatoms. The van der Waals surface area contributed by atoms with E-state index in [0.717, 1.165) is 5.56 Å². The lowest BCUT2D eigenvalue weighted by atomic mass is 10.1. The normalized spacial score (nSPS) is 12.4. The number of esters is 1. The van der Waals surface area contributed by atoms with Crippen LogP contribution < -0.4 is 14.2 Å². The van der Waals surface area contributed by atoms with Gasteiger partial charge in [0.15, 0.2) is 18.1 Å². The Balaban J connectivity index is 1.62. The van der Waals surface area contributed by atoms with Gasteiger partial charge < -0.3 is 23.8 Å². The average Bonchev–Trinajstić information content (AvgIpc) is 3.17. The number of fused-ring (bicyclic) bond motifs is 1. The first-order chi connectivity index (χ1) is 12.6. The molecule has 0 spiro atoms. The topological polar surface area (TPSA) is 74.3 Å². The largest absolute Gasteiger partial charge is 0.493 e. The summed E-state index contributed by atoms with van der Waals surface area (Å²) in [5.74, 6) is 0.354. The van der Waals surface area contributed by atoms with Crippen molar-refractivity contribution in [3.05, 3.63) is 40.1 Å². The molecule has 0 unspecified atom stereocenters. The lowest BCUT2D eigenvalue weighted by Crippen LogP contribution is -2.30. The van der Waals surface area contributed by atoms with Crippen LogP contribution in [0, 0.1) is 0 Å². The molecule has 1 aromatic heterocycles. The third-order valence-electron chi connectivity index (χ3n) is 3.82. The molecule has 0 atom stereocenters. The molecule has 3 rings (SSSR count). The molecule has 2 aromatic rings. The highest BCUT2D eigenvalue weighted by atomic mass is 32.1. The Morgan fingerprint density at radius 3 is 2.81 bits per heavy atom. The number of nitrogens with zero attached hydrogens (tertiary/aromatic N) is 1. The summed E-state index contributed by atoms with van der Waals surface area (Å²) in [5.41, 5.74) is 1.27.